The van der Waals surface area contributed by atoms with E-state index in [1.54, 1.807) is 0 Å². The van der Waals surface area contributed by atoms with E-state index in [2.05, 4.69) is 5.32 Å². The molecule has 1 saturated heterocycles. The average Bonchev–Trinajstić information content (AvgIpc) is 3.00. The topological polar surface area (TPSA) is 73.6 Å². The lowest BCUT2D eigenvalue weighted by Crippen LogP contribution is -2.35. The van der Waals surface area contributed by atoms with E-state index in [-0.39, 0.29) is 12.0 Å². The highest BCUT2D eigenvalue weighted by molar-refractivity contribution is 5.94. The first kappa shape index (κ1) is 15.8. The summed E-state index contributed by atoms with van der Waals surface area (Å²) in [5.41, 5.74) is 6.50. The van der Waals surface area contributed by atoms with Crippen LogP contribution in [0.3, 0.4) is 0 Å². The van der Waals surface area contributed by atoms with E-state index >= 15 is 0 Å². The Morgan fingerprint density at radius 1 is 1.48 bits per heavy atom. The Hall–Kier alpha value is -1.59. The van der Waals surface area contributed by atoms with Crippen LogP contribution in [0.2, 0.25) is 0 Å². The standard InChI is InChI=1S/C16H24N2O3/c1-2-4-15(17)16(19)18-12-6-8-13(9-7-12)21-11-14-5-3-10-20-14/h6-9,14-15H,2-5,10-11,17H2,1H3,(H,18,19). The second-order valence-corrected chi connectivity index (χ2v) is 5.35. The van der Waals surface area contributed by atoms with Crippen LogP contribution in [0.15, 0.2) is 24.3 Å². The molecule has 1 amide bonds. The normalized spacial score (nSPS) is 19.2. The minimum Gasteiger partial charge on any atom is -0.491 e. The van der Waals surface area contributed by atoms with Gasteiger partial charge in [-0.05, 0) is 43.5 Å². The SMILES string of the molecule is CCCC(N)C(=O)Nc1ccc(OCC2CCCO2)cc1. The summed E-state index contributed by atoms with van der Waals surface area (Å²) in [7, 11) is 0. The van der Waals surface area contributed by atoms with Crippen LogP contribution in [0, 0.1) is 0 Å². The third-order valence-electron chi connectivity index (χ3n) is 3.52. The highest BCUT2D eigenvalue weighted by atomic mass is 16.5. The summed E-state index contributed by atoms with van der Waals surface area (Å²) in [5, 5.41) is 2.81. The van der Waals surface area contributed by atoms with Gasteiger partial charge in [-0.25, -0.2) is 0 Å². The van der Waals surface area contributed by atoms with Gasteiger partial charge in [0, 0.05) is 12.3 Å². The molecule has 2 atom stereocenters. The number of nitrogens with two attached hydrogens (primary N) is 1. The number of carbonyl (C=O) groups is 1. The Labute approximate surface area is 125 Å². The number of carbonyl (C=O) groups excluding carboxylic acids is 1. The summed E-state index contributed by atoms with van der Waals surface area (Å²) in [4.78, 5) is 11.8. The second-order valence-electron chi connectivity index (χ2n) is 5.35. The van der Waals surface area contributed by atoms with Gasteiger partial charge in [0.15, 0.2) is 0 Å². The lowest BCUT2D eigenvalue weighted by molar-refractivity contribution is -0.117. The van der Waals surface area contributed by atoms with Crippen molar-refractivity contribution in [2.24, 2.45) is 5.73 Å². The largest absolute Gasteiger partial charge is 0.491 e. The first-order valence-electron chi connectivity index (χ1n) is 7.60. The molecule has 0 bridgehead atoms. The van der Waals surface area contributed by atoms with Crippen LogP contribution in [0.25, 0.3) is 0 Å². The second kappa shape index (κ2) is 8.00. The molecular weight excluding hydrogens is 268 g/mol. The Morgan fingerprint density at radius 2 is 2.24 bits per heavy atom. The highest BCUT2D eigenvalue weighted by Gasteiger charge is 2.16. The molecule has 0 aromatic heterocycles. The van der Waals surface area contributed by atoms with Crippen molar-refractivity contribution < 1.29 is 14.3 Å². The van der Waals surface area contributed by atoms with Gasteiger partial charge in [-0.2, -0.15) is 0 Å². The van der Waals surface area contributed by atoms with Crippen molar-refractivity contribution in [2.45, 2.75) is 44.8 Å². The van der Waals surface area contributed by atoms with E-state index in [4.69, 9.17) is 15.2 Å². The summed E-state index contributed by atoms with van der Waals surface area (Å²) in [6, 6.07) is 6.87. The van der Waals surface area contributed by atoms with Crippen molar-refractivity contribution in [1.82, 2.24) is 0 Å². The Morgan fingerprint density at radius 3 is 2.86 bits per heavy atom. The molecule has 1 aromatic carbocycles. The van der Waals surface area contributed by atoms with E-state index in [9.17, 15) is 4.79 Å². The molecule has 116 valence electrons. The zero-order valence-corrected chi connectivity index (χ0v) is 12.5. The van der Waals surface area contributed by atoms with Gasteiger partial charge in [0.2, 0.25) is 5.91 Å². The predicted molar refractivity (Wildman–Crippen MR) is 82.4 cm³/mol. The lowest BCUT2D eigenvalue weighted by Gasteiger charge is -2.13. The third kappa shape index (κ3) is 5.02. The van der Waals surface area contributed by atoms with Crippen molar-refractivity contribution in [3.05, 3.63) is 24.3 Å². The number of ether oxygens (including phenoxy) is 2. The molecule has 5 heteroatoms. The van der Waals surface area contributed by atoms with Crippen LogP contribution in [0.5, 0.6) is 5.75 Å². The highest BCUT2D eigenvalue weighted by Crippen LogP contribution is 2.18. The van der Waals surface area contributed by atoms with Crippen LogP contribution >= 0.6 is 0 Å². The monoisotopic (exact) mass is 292 g/mol. The molecule has 1 aliphatic heterocycles. The number of hydrogen-bond acceptors (Lipinski definition) is 4. The Balaban J connectivity index is 1.79. The van der Waals surface area contributed by atoms with Gasteiger partial charge < -0.3 is 20.5 Å². The van der Waals surface area contributed by atoms with Crippen LogP contribution in [-0.2, 0) is 9.53 Å². The van der Waals surface area contributed by atoms with Crippen molar-refractivity contribution in [3.63, 3.8) is 0 Å². The quantitative estimate of drug-likeness (QED) is 0.809. The molecule has 21 heavy (non-hydrogen) atoms. The van der Waals surface area contributed by atoms with Crippen LogP contribution in [0.1, 0.15) is 32.6 Å². The molecule has 0 saturated carbocycles. The number of amides is 1. The van der Waals surface area contributed by atoms with Crippen molar-refractivity contribution in [2.75, 3.05) is 18.5 Å². The van der Waals surface area contributed by atoms with E-state index in [1.807, 2.05) is 31.2 Å². The van der Waals surface area contributed by atoms with E-state index in [0.29, 0.717) is 13.0 Å². The summed E-state index contributed by atoms with van der Waals surface area (Å²) in [6.45, 7) is 3.41. The van der Waals surface area contributed by atoms with E-state index in [1.165, 1.54) is 0 Å². The van der Waals surface area contributed by atoms with E-state index in [0.717, 1.165) is 37.3 Å². The summed E-state index contributed by atoms with van der Waals surface area (Å²) >= 11 is 0. The van der Waals surface area contributed by atoms with Gasteiger partial charge in [0.25, 0.3) is 0 Å². The van der Waals surface area contributed by atoms with Gasteiger partial charge in [0.05, 0.1) is 12.1 Å². The van der Waals surface area contributed by atoms with Crippen molar-refractivity contribution in [3.8, 4) is 5.75 Å². The number of rotatable bonds is 7. The molecule has 0 aliphatic carbocycles. The van der Waals surface area contributed by atoms with Gasteiger partial charge in [-0.1, -0.05) is 13.3 Å². The third-order valence-corrected chi connectivity index (χ3v) is 3.52. The smallest absolute Gasteiger partial charge is 0.241 e. The molecule has 3 N–H and O–H groups in total. The van der Waals surface area contributed by atoms with Gasteiger partial charge in [-0.15, -0.1) is 0 Å². The average molecular weight is 292 g/mol. The maximum Gasteiger partial charge on any atom is 0.241 e. The maximum absolute atomic E-state index is 11.8. The molecule has 1 aromatic rings. The fourth-order valence-electron chi connectivity index (χ4n) is 2.28. The predicted octanol–water partition coefficient (Wildman–Crippen LogP) is 2.31. The number of anilines is 1. The summed E-state index contributed by atoms with van der Waals surface area (Å²) in [6.07, 6.45) is 3.95. The molecule has 1 heterocycles. The fourth-order valence-corrected chi connectivity index (χ4v) is 2.28. The fraction of sp³-hybridized carbons (Fsp3) is 0.562. The van der Waals surface area contributed by atoms with E-state index < -0.39 is 6.04 Å². The molecular formula is C16H24N2O3. The number of hydrogen-bond donors (Lipinski definition) is 2. The molecule has 2 unspecified atom stereocenters. The van der Waals surface area contributed by atoms with Crippen LogP contribution < -0.4 is 15.8 Å². The first-order valence-corrected chi connectivity index (χ1v) is 7.60. The maximum atomic E-state index is 11.8. The molecule has 5 nitrogen and oxygen atoms in total. The number of nitrogens with one attached hydrogen (secondary N) is 1. The zero-order valence-electron chi connectivity index (χ0n) is 12.5. The summed E-state index contributed by atoms with van der Waals surface area (Å²) < 4.78 is 11.2. The molecule has 1 fully saturated rings. The number of benzene rings is 1. The molecule has 2 rings (SSSR count). The lowest BCUT2D eigenvalue weighted by atomic mass is 10.1. The minimum atomic E-state index is -0.453. The van der Waals surface area contributed by atoms with Crippen LogP contribution in [0.4, 0.5) is 5.69 Å². The Kier molecular flexibility index (Phi) is 6.02. The molecule has 0 spiro atoms. The zero-order chi connectivity index (χ0) is 15.1. The minimum absolute atomic E-state index is 0.148. The van der Waals surface area contributed by atoms with Crippen molar-refractivity contribution >= 4 is 11.6 Å². The van der Waals surface area contributed by atoms with Gasteiger partial charge >= 0.3 is 0 Å². The van der Waals surface area contributed by atoms with Crippen molar-refractivity contribution in [1.29, 1.82) is 0 Å². The van der Waals surface area contributed by atoms with Gasteiger partial charge in [-0.3, -0.25) is 4.79 Å². The van der Waals surface area contributed by atoms with Gasteiger partial charge in [0.1, 0.15) is 12.4 Å². The first-order chi connectivity index (χ1) is 10.2. The van der Waals surface area contributed by atoms with Crippen LogP contribution in [-0.4, -0.2) is 31.3 Å². The Bertz CT molecular complexity index is 441. The summed E-state index contributed by atoms with van der Waals surface area (Å²) in [5.74, 6) is 0.631. The molecule has 0 radical (unpaired) electrons. The molecule has 1 aliphatic rings.